The highest BCUT2D eigenvalue weighted by molar-refractivity contribution is 7.89. The minimum atomic E-state index is -3.93. The van der Waals surface area contributed by atoms with Crippen LogP contribution in [0, 0.1) is 12.8 Å². The number of rotatable bonds is 6. The van der Waals surface area contributed by atoms with Crippen LogP contribution in [0.1, 0.15) is 32.3 Å². The van der Waals surface area contributed by atoms with E-state index < -0.39 is 10.0 Å². The topological polar surface area (TPSA) is 98.5 Å². The molecule has 1 unspecified atom stereocenters. The maximum absolute atomic E-state index is 12.0. The number of methoxy groups -OCH3 is 1. The predicted molar refractivity (Wildman–Crippen MR) is 81.8 cm³/mol. The van der Waals surface area contributed by atoms with E-state index in [2.05, 4.69) is 5.32 Å². The second-order valence-corrected chi connectivity index (χ2v) is 6.68. The van der Waals surface area contributed by atoms with Crippen molar-refractivity contribution in [3.05, 3.63) is 17.7 Å². The molecule has 0 aliphatic heterocycles. The normalized spacial score (nSPS) is 12.8. The number of anilines is 1. The van der Waals surface area contributed by atoms with Crippen LogP contribution in [0.2, 0.25) is 0 Å². The van der Waals surface area contributed by atoms with E-state index in [-0.39, 0.29) is 22.5 Å². The molecule has 21 heavy (non-hydrogen) atoms. The van der Waals surface area contributed by atoms with Crippen LogP contribution in [0.4, 0.5) is 5.69 Å². The zero-order chi connectivity index (χ0) is 16.2. The average Bonchev–Trinajstić information content (AvgIpc) is 2.36. The number of hydrogen-bond donors (Lipinski definition) is 2. The fourth-order valence-electron chi connectivity index (χ4n) is 1.92. The maximum Gasteiger partial charge on any atom is 0.241 e. The van der Waals surface area contributed by atoms with Gasteiger partial charge in [-0.2, -0.15) is 0 Å². The van der Waals surface area contributed by atoms with Gasteiger partial charge in [-0.15, -0.1) is 0 Å². The van der Waals surface area contributed by atoms with Crippen molar-refractivity contribution in [2.75, 3.05) is 12.4 Å². The lowest BCUT2D eigenvalue weighted by molar-refractivity contribution is -0.117. The number of aryl methyl sites for hydroxylation is 1. The van der Waals surface area contributed by atoms with E-state index in [0.29, 0.717) is 17.7 Å². The fraction of sp³-hybridized carbons (Fsp3) is 0.500. The lowest BCUT2D eigenvalue weighted by Gasteiger charge is -2.15. The van der Waals surface area contributed by atoms with Gasteiger partial charge in [-0.1, -0.05) is 20.3 Å². The van der Waals surface area contributed by atoms with Crippen LogP contribution in [0.15, 0.2) is 17.0 Å². The van der Waals surface area contributed by atoms with Crippen molar-refractivity contribution in [1.29, 1.82) is 0 Å². The quantitative estimate of drug-likeness (QED) is 0.839. The number of sulfonamides is 1. The van der Waals surface area contributed by atoms with Crippen molar-refractivity contribution < 1.29 is 17.9 Å². The Bertz CT molecular complexity index is 626. The first kappa shape index (κ1) is 17.5. The number of nitrogens with one attached hydrogen (secondary N) is 1. The number of benzene rings is 1. The van der Waals surface area contributed by atoms with Crippen LogP contribution < -0.4 is 15.2 Å². The minimum absolute atomic E-state index is 0.0561. The summed E-state index contributed by atoms with van der Waals surface area (Å²) in [4.78, 5) is 11.8. The zero-order valence-electron chi connectivity index (χ0n) is 12.8. The number of amides is 1. The molecule has 3 N–H and O–H groups in total. The summed E-state index contributed by atoms with van der Waals surface area (Å²) in [6.45, 7) is 5.70. The first-order chi connectivity index (χ1) is 9.68. The molecule has 0 aromatic heterocycles. The van der Waals surface area contributed by atoms with Gasteiger partial charge in [0, 0.05) is 6.42 Å². The number of carbonyl (C=O) groups excluding carboxylic acids is 1. The SMILES string of the molecule is CCC(C)CC(=O)Nc1cc(C)cc(S(N)(=O)=O)c1OC. The van der Waals surface area contributed by atoms with Crippen LogP contribution in [0.5, 0.6) is 5.75 Å². The van der Waals surface area contributed by atoms with Crippen molar-refractivity contribution in [3.8, 4) is 5.75 Å². The third-order valence-corrected chi connectivity index (χ3v) is 4.13. The van der Waals surface area contributed by atoms with Gasteiger partial charge in [0.25, 0.3) is 0 Å². The fourth-order valence-corrected chi connectivity index (χ4v) is 2.72. The van der Waals surface area contributed by atoms with Crippen LogP contribution in [0.3, 0.4) is 0 Å². The molecule has 7 heteroatoms. The summed E-state index contributed by atoms with van der Waals surface area (Å²) >= 11 is 0. The predicted octanol–water partition coefficient (Wildman–Crippen LogP) is 2.03. The Kier molecular flexibility index (Phi) is 5.74. The lowest BCUT2D eigenvalue weighted by Crippen LogP contribution is -2.18. The van der Waals surface area contributed by atoms with Crippen LogP contribution >= 0.6 is 0 Å². The Balaban J connectivity index is 3.18. The maximum atomic E-state index is 12.0. The molecule has 6 nitrogen and oxygen atoms in total. The Labute approximate surface area is 125 Å². The van der Waals surface area contributed by atoms with E-state index in [1.54, 1.807) is 13.0 Å². The van der Waals surface area contributed by atoms with Crippen molar-refractivity contribution >= 4 is 21.6 Å². The third-order valence-electron chi connectivity index (χ3n) is 3.21. The molecule has 0 saturated heterocycles. The van der Waals surface area contributed by atoms with Gasteiger partial charge in [0.05, 0.1) is 12.8 Å². The molecule has 0 saturated carbocycles. The third kappa shape index (κ3) is 4.71. The first-order valence-corrected chi connectivity index (χ1v) is 8.25. The molecular formula is C14H22N2O4S. The highest BCUT2D eigenvalue weighted by Crippen LogP contribution is 2.33. The number of primary sulfonamides is 1. The molecule has 0 aliphatic carbocycles. The summed E-state index contributed by atoms with van der Waals surface area (Å²) in [5.41, 5.74) is 0.980. The van der Waals surface area contributed by atoms with Gasteiger partial charge in [0.1, 0.15) is 4.90 Å². The van der Waals surface area contributed by atoms with Gasteiger partial charge in [-0.3, -0.25) is 4.79 Å². The van der Waals surface area contributed by atoms with Crippen LogP contribution in [-0.4, -0.2) is 21.4 Å². The largest absolute Gasteiger partial charge is 0.493 e. The average molecular weight is 314 g/mol. The number of ether oxygens (including phenoxy) is 1. The van der Waals surface area contributed by atoms with E-state index in [0.717, 1.165) is 6.42 Å². The molecule has 0 spiro atoms. The molecule has 0 aliphatic rings. The van der Waals surface area contributed by atoms with E-state index in [9.17, 15) is 13.2 Å². The van der Waals surface area contributed by atoms with Crippen molar-refractivity contribution in [2.45, 2.75) is 38.5 Å². The van der Waals surface area contributed by atoms with Gasteiger partial charge in [-0.05, 0) is 30.5 Å². The molecule has 0 bridgehead atoms. The first-order valence-electron chi connectivity index (χ1n) is 6.70. The summed E-state index contributed by atoms with van der Waals surface area (Å²) < 4.78 is 28.3. The Morgan fingerprint density at radius 2 is 2.05 bits per heavy atom. The monoisotopic (exact) mass is 314 g/mol. The summed E-state index contributed by atoms with van der Waals surface area (Å²) in [7, 11) is -2.59. The van der Waals surface area contributed by atoms with Crippen molar-refractivity contribution in [3.63, 3.8) is 0 Å². The second kappa shape index (κ2) is 6.91. The van der Waals surface area contributed by atoms with Gasteiger partial charge < -0.3 is 10.1 Å². The zero-order valence-corrected chi connectivity index (χ0v) is 13.6. The van der Waals surface area contributed by atoms with E-state index in [4.69, 9.17) is 9.88 Å². The van der Waals surface area contributed by atoms with Gasteiger partial charge in [0.15, 0.2) is 5.75 Å². The van der Waals surface area contributed by atoms with E-state index in [1.807, 2.05) is 13.8 Å². The van der Waals surface area contributed by atoms with E-state index in [1.165, 1.54) is 13.2 Å². The van der Waals surface area contributed by atoms with Crippen LogP contribution in [-0.2, 0) is 14.8 Å². The molecule has 1 atom stereocenters. The van der Waals surface area contributed by atoms with Crippen LogP contribution in [0.25, 0.3) is 0 Å². The molecular weight excluding hydrogens is 292 g/mol. The Morgan fingerprint density at radius 3 is 2.52 bits per heavy atom. The summed E-state index contributed by atoms with van der Waals surface area (Å²) in [5.74, 6) is 0.118. The number of hydrogen-bond acceptors (Lipinski definition) is 4. The molecule has 0 radical (unpaired) electrons. The standard InChI is InChI=1S/C14H22N2O4S/c1-5-9(2)8-13(17)16-11-6-10(3)7-12(14(11)20-4)21(15,18)19/h6-7,9H,5,8H2,1-4H3,(H,16,17)(H2,15,18,19). The van der Waals surface area contributed by atoms with Gasteiger partial charge in [0.2, 0.25) is 15.9 Å². The number of carbonyl (C=O) groups is 1. The molecule has 0 fully saturated rings. The smallest absolute Gasteiger partial charge is 0.241 e. The van der Waals surface area contributed by atoms with Crippen molar-refractivity contribution in [1.82, 2.24) is 0 Å². The Hall–Kier alpha value is -1.60. The van der Waals surface area contributed by atoms with Crippen molar-refractivity contribution in [2.24, 2.45) is 11.1 Å². The number of nitrogens with two attached hydrogens (primary N) is 1. The molecule has 1 amide bonds. The minimum Gasteiger partial charge on any atom is -0.493 e. The molecule has 1 aromatic carbocycles. The second-order valence-electron chi connectivity index (χ2n) is 5.15. The summed E-state index contributed by atoms with van der Waals surface area (Å²) in [6, 6.07) is 3.07. The highest BCUT2D eigenvalue weighted by atomic mass is 32.2. The lowest BCUT2D eigenvalue weighted by atomic mass is 10.0. The molecule has 1 rings (SSSR count). The van der Waals surface area contributed by atoms with E-state index >= 15 is 0 Å². The van der Waals surface area contributed by atoms with Gasteiger partial charge >= 0.3 is 0 Å². The summed E-state index contributed by atoms with van der Waals surface area (Å²) in [5, 5.41) is 7.88. The van der Waals surface area contributed by atoms with Gasteiger partial charge in [-0.25, -0.2) is 13.6 Å². The molecule has 1 aromatic rings. The highest BCUT2D eigenvalue weighted by Gasteiger charge is 2.20. The Morgan fingerprint density at radius 1 is 1.43 bits per heavy atom. The summed E-state index contributed by atoms with van der Waals surface area (Å²) in [6.07, 6.45) is 1.25. The molecule has 0 heterocycles. The molecule has 118 valence electrons.